The zero-order valence-electron chi connectivity index (χ0n) is 11.5. The number of ether oxygens (including phenoxy) is 2. The molecule has 5 heteroatoms. The van der Waals surface area contributed by atoms with Gasteiger partial charge in [0.25, 0.3) is 0 Å². The van der Waals surface area contributed by atoms with Crippen molar-refractivity contribution in [1.82, 2.24) is 5.32 Å². The summed E-state index contributed by atoms with van der Waals surface area (Å²) in [5, 5.41) is 2.64. The van der Waals surface area contributed by atoms with Gasteiger partial charge in [0, 0.05) is 12.1 Å². The summed E-state index contributed by atoms with van der Waals surface area (Å²) < 4.78 is 9.94. The Hall–Kier alpha value is -1.52. The first-order valence-corrected chi connectivity index (χ1v) is 6.24. The SMILES string of the molecule is C=C(C)C(=O)OCCCCNC(=O)OC(C)CC. The van der Waals surface area contributed by atoms with E-state index in [1.807, 2.05) is 13.8 Å². The number of amides is 1. The van der Waals surface area contributed by atoms with Crippen LogP contribution in [0.25, 0.3) is 0 Å². The normalized spacial score (nSPS) is 11.5. The molecule has 5 nitrogen and oxygen atoms in total. The average molecular weight is 257 g/mol. The molecule has 0 rings (SSSR count). The van der Waals surface area contributed by atoms with Gasteiger partial charge in [0.05, 0.1) is 6.61 Å². The first-order valence-electron chi connectivity index (χ1n) is 6.24. The van der Waals surface area contributed by atoms with Crippen LogP contribution in [0.3, 0.4) is 0 Å². The highest BCUT2D eigenvalue weighted by Gasteiger charge is 2.06. The van der Waals surface area contributed by atoms with Crippen molar-refractivity contribution < 1.29 is 19.1 Å². The van der Waals surface area contributed by atoms with Gasteiger partial charge in [-0.2, -0.15) is 0 Å². The molecule has 0 bridgehead atoms. The maximum atomic E-state index is 11.2. The second-order valence-electron chi connectivity index (χ2n) is 4.17. The lowest BCUT2D eigenvalue weighted by Crippen LogP contribution is -2.28. The molecule has 1 atom stereocenters. The fourth-order valence-electron chi connectivity index (χ4n) is 1.01. The minimum Gasteiger partial charge on any atom is -0.462 e. The second kappa shape index (κ2) is 9.50. The molecule has 0 aliphatic heterocycles. The van der Waals surface area contributed by atoms with Crippen molar-refractivity contribution in [2.45, 2.75) is 46.1 Å². The smallest absolute Gasteiger partial charge is 0.407 e. The molecule has 0 radical (unpaired) electrons. The van der Waals surface area contributed by atoms with Gasteiger partial charge in [0.2, 0.25) is 0 Å². The Labute approximate surface area is 109 Å². The number of carbonyl (C=O) groups excluding carboxylic acids is 2. The molecule has 0 saturated carbocycles. The maximum absolute atomic E-state index is 11.2. The Morgan fingerprint density at radius 1 is 1.33 bits per heavy atom. The van der Waals surface area contributed by atoms with E-state index in [0.29, 0.717) is 25.1 Å². The quantitative estimate of drug-likeness (QED) is 0.412. The van der Waals surface area contributed by atoms with Crippen LogP contribution in [0.5, 0.6) is 0 Å². The van der Waals surface area contributed by atoms with E-state index in [2.05, 4.69) is 11.9 Å². The highest BCUT2D eigenvalue weighted by atomic mass is 16.6. The van der Waals surface area contributed by atoms with E-state index in [1.165, 1.54) is 0 Å². The van der Waals surface area contributed by atoms with Gasteiger partial charge in [-0.25, -0.2) is 9.59 Å². The Balaban J connectivity index is 3.43. The highest BCUT2D eigenvalue weighted by Crippen LogP contribution is 1.97. The van der Waals surface area contributed by atoms with Gasteiger partial charge >= 0.3 is 12.1 Å². The average Bonchev–Trinajstić information content (AvgIpc) is 2.32. The third-order valence-electron chi connectivity index (χ3n) is 2.31. The van der Waals surface area contributed by atoms with Crippen molar-refractivity contribution in [3.05, 3.63) is 12.2 Å². The lowest BCUT2D eigenvalue weighted by molar-refractivity contribution is -0.139. The highest BCUT2D eigenvalue weighted by molar-refractivity contribution is 5.86. The fourth-order valence-corrected chi connectivity index (χ4v) is 1.01. The molecule has 0 aromatic heterocycles. The van der Waals surface area contributed by atoms with E-state index in [-0.39, 0.29) is 12.1 Å². The zero-order valence-corrected chi connectivity index (χ0v) is 11.5. The van der Waals surface area contributed by atoms with E-state index in [9.17, 15) is 9.59 Å². The van der Waals surface area contributed by atoms with Crippen molar-refractivity contribution in [2.75, 3.05) is 13.2 Å². The number of hydrogen-bond acceptors (Lipinski definition) is 4. The summed E-state index contributed by atoms with van der Waals surface area (Å²) in [6.45, 7) is 9.74. The third kappa shape index (κ3) is 8.61. The molecule has 0 fully saturated rings. The van der Waals surface area contributed by atoms with Gasteiger partial charge in [0.1, 0.15) is 6.10 Å². The summed E-state index contributed by atoms with van der Waals surface area (Å²) in [4.78, 5) is 22.2. The molecule has 104 valence electrons. The summed E-state index contributed by atoms with van der Waals surface area (Å²) in [5.74, 6) is -0.376. The van der Waals surface area contributed by atoms with E-state index in [1.54, 1.807) is 6.92 Å². The van der Waals surface area contributed by atoms with Crippen LogP contribution in [-0.2, 0) is 14.3 Å². The number of nitrogens with one attached hydrogen (secondary N) is 1. The first-order chi connectivity index (χ1) is 8.47. The van der Waals surface area contributed by atoms with E-state index in [0.717, 1.165) is 12.8 Å². The van der Waals surface area contributed by atoms with E-state index >= 15 is 0 Å². The van der Waals surface area contributed by atoms with Crippen LogP contribution >= 0.6 is 0 Å². The molecule has 0 aliphatic rings. The lowest BCUT2D eigenvalue weighted by atomic mass is 10.3. The molecule has 1 N–H and O–H groups in total. The number of alkyl carbamates (subject to hydrolysis) is 1. The summed E-state index contributed by atoms with van der Waals surface area (Å²) in [6.07, 6.45) is 1.76. The van der Waals surface area contributed by atoms with Crippen molar-refractivity contribution >= 4 is 12.1 Å². The van der Waals surface area contributed by atoms with Crippen molar-refractivity contribution in [2.24, 2.45) is 0 Å². The van der Waals surface area contributed by atoms with Gasteiger partial charge in [-0.15, -0.1) is 0 Å². The van der Waals surface area contributed by atoms with Crippen LogP contribution in [0, 0.1) is 0 Å². The Morgan fingerprint density at radius 3 is 2.56 bits per heavy atom. The molecule has 0 aromatic rings. The summed E-state index contributed by atoms with van der Waals surface area (Å²) >= 11 is 0. The van der Waals surface area contributed by atoms with Crippen LogP contribution in [0.15, 0.2) is 12.2 Å². The number of unbranched alkanes of at least 4 members (excludes halogenated alkanes) is 1. The number of rotatable bonds is 8. The monoisotopic (exact) mass is 257 g/mol. The second-order valence-corrected chi connectivity index (χ2v) is 4.17. The minimum atomic E-state index is -0.400. The van der Waals surface area contributed by atoms with Gasteiger partial charge in [0.15, 0.2) is 0 Å². The van der Waals surface area contributed by atoms with Gasteiger partial charge < -0.3 is 14.8 Å². The first kappa shape index (κ1) is 16.5. The predicted molar refractivity (Wildman–Crippen MR) is 69.2 cm³/mol. The summed E-state index contributed by atoms with van der Waals surface area (Å²) in [7, 11) is 0. The van der Waals surface area contributed by atoms with Crippen LogP contribution in [0.1, 0.15) is 40.0 Å². The van der Waals surface area contributed by atoms with Crippen LogP contribution < -0.4 is 5.32 Å². The molecule has 0 spiro atoms. The predicted octanol–water partition coefficient (Wildman–Crippen LogP) is 2.41. The molecule has 0 aliphatic carbocycles. The molecule has 18 heavy (non-hydrogen) atoms. The number of carbonyl (C=O) groups is 2. The standard InChI is InChI=1S/C13H23NO4/c1-5-11(4)18-13(16)14-8-6-7-9-17-12(15)10(2)3/h11H,2,5-9H2,1,3-4H3,(H,14,16). The van der Waals surface area contributed by atoms with Crippen LogP contribution in [0.4, 0.5) is 4.79 Å². The Morgan fingerprint density at radius 2 is 2.00 bits per heavy atom. The largest absolute Gasteiger partial charge is 0.462 e. The summed E-state index contributed by atoms with van der Waals surface area (Å²) in [6, 6.07) is 0. The van der Waals surface area contributed by atoms with Gasteiger partial charge in [-0.05, 0) is 33.1 Å². The topological polar surface area (TPSA) is 64.6 Å². The van der Waals surface area contributed by atoms with E-state index < -0.39 is 6.09 Å². The summed E-state index contributed by atoms with van der Waals surface area (Å²) in [5.41, 5.74) is 0.394. The molecule has 0 aromatic carbocycles. The Kier molecular flexibility index (Phi) is 8.70. The van der Waals surface area contributed by atoms with Crippen molar-refractivity contribution in [3.63, 3.8) is 0 Å². The van der Waals surface area contributed by atoms with Gasteiger partial charge in [-0.1, -0.05) is 13.5 Å². The minimum absolute atomic E-state index is 0.0680. The van der Waals surface area contributed by atoms with Crippen LogP contribution in [0.2, 0.25) is 0 Å². The molecular weight excluding hydrogens is 234 g/mol. The van der Waals surface area contributed by atoms with Gasteiger partial charge in [-0.3, -0.25) is 0 Å². The zero-order chi connectivity index (χ0) is 14.0. The molecule has 0 saturated heterocycles. The fraction of sp³-hybridized carbons (Fsp3) is 0.692. The van der Waals surface area contributed by atoms with Crippen molar-refractivity contribution in [3.8, 4) is 0 Å². The van der Waals surface area contributed by atoms with Crippen molar-refractivity contribution in [1.29, 1.82) is 0 Å². The molecule has 1 amide bonds. The Bertz CT molecular complexity index is 289. The number of hydrogen-bond donors (Lipinski definition) is 1. The molecule has 1 unspecified atom stereocenters. The maximum Gasteiger partial charge on any atom is 0.407 e. The molecular formula is C13H23NO4. The number of esters is 1. The third-order valence-corrected chi connectivity index (χ3v) is 2.31. The van der Waals surface area contributed by atoms with Crippen LogP contribution in [-0.4, -0.2) is 31.3 Å². The van der Waals surface area contributed by atoms with E-state index in [4.69, 9.17) is 9.47 Å². The lowest BCUT2D eigenvalue weighted by Gasteiger charge is -2.11. The molecule has 0 heterocycles.